The van der Waals surface area contributed by atoms with Gasteiger partial charge in [0.05, 0.1) is 25.5 Å². The van der Waals surface area contributed by atoms with Crippen LogP contribution in [0, 0.1) is 0 Å². The Bertz CT molecular complexity index is 626. The second-order valence-corrected chi connectivity index (χ2v) is 6.44. The molecule has 0 unspecified atom stereocenters. The summed E-state index contributed by atoms with van der Waals surface area (Å²) in [6, 6.07) is 6.70. The van der Waals surface area contributed by atoms with Gasteiger partial charge in [0, 0.05) is 6.54 Å². The van der Waals surface area contributed by atoms with Crippen molar-refractivity contribution in [2.75, 3.05) is 43.9 Å². The lowest BCUT2D eigenvalue weighted by molar-refractivity contribution is -0.151. The number of hydrogen-bond acceptors (Lipinski definition) is 9. The van der Waals surface area contributed by atoms with E-state index in [0.29, 0.717) is 24.5 Å². The molecule has 0 aliphatic carbocycles. The number of benzene rings is 1. The third-order valence-electron chi connectivity index (χ3n) is 3.70. The van der Waals surface area contributed by atoms with Gasteiger partial charge in [-0.3, -0.25) is 0 Å². The van der Waals surface area contributed by atoms with Crippen LogP contribution in [0.15, 0.2) is 24.3 Å². The average molecular weight is 398 g/mol. The first-order valence-electron chi connectivity index (χ1n) is 8.97. The largest absolute Gasteiger partial charge is 0.444 e. The summed E-state index contributed by atoms with van der Waals surface area (Å²) in [6.45, 7) is 6.35. The van der Waals surface area contributed by atoms with Gasteiger partial charge >= 0.3 is 12.1 Å². The molecule has 0 saturated carbocycles. The fraction of sp³-hybridized carbons (Fsp3) is 0.556. The number of hydrazine groups is 1. The van der Waals surface area contributed by atoms with Crippen LogP contribution in [0.25, 0.3) is 0 Å². The highest BCUT2D eigenvalue weighted by atomic mass is 16.7. The van der Waals surface area contributed by atoms with Crippen molar-refractivity contribution >= 4 is 23.4 Å². The van der Waals surface area contributed by atoms with Crippen molar-refractivity contribution < 1.29 is 28.6 Å². The van der Waals surface area contributed by atoms with E-state index in [1.807, 2.05) is 20.8 Å². The smallest absolute Gasteiger partial charge is 0.407 e. The average Bonchev–Trinajstić information content (AvgIpc) is 2.63. The summed E-state index contributed by atoms with van der Waals surface area (Å²) < 4.78 is 15.7. The first-order valence-corrected chi connectivity index (χ1v) is 8.97. The predicted octanol–water partition coefficient (Wildman–Crippen LogP) is 1.36. The molecule has 0 saturated heterocycles. The molecule has 1 aromatic rings. The molecule has 0 aliphatic heterocycles. The maximum Gasteiger partial charge on any atom is 0.407 e. The zero-order valence-electron chi connectivity index (χ0n) is 16.6. The molecule has 0 bridgehead atoms. The molecular formula is C18H30N4O6. The quantitative estimate of drug-likeness (QED) is 0.206. The third-order valence-corrected chi connectivity index (χ3v) is 3.70. The number of para-hydroxylation sites is 2. The highest BCUT2D eigenvalue weighted by Crippen LogP contribution is 2.19. The number of carbonyl (C=O) groups is 2. The van der Waals surface area contributed by atoms with Gasteiger partial charge in [-0.25, -0.2) is 15.4 Å². The van der Waals surface area contributed by atoms with Crippen LogP contribution in [-0.2, 0) is 23.8 Å². The number of anilines is 2. The number of alkyl carbamates (subject to hydrolysis) is 1. The van der Waals surface area contributed by atoms with Crippen LogP contribution in [-0.4, -0.2) is 50.6 Å². The summed E-state index contributed by atoms with van der Waals surface area (Å²) in [4.78, 5) is 28.1. The molecule has 0 fully saturated rings. The van der Waals surface area contributed by atoms with E-state index in [1.54, 1.807) is 24.3 Å². The number of nitrogens with zero attached hydrogens (tertiary/aromatic N) is 1. The van der Waals surface area contributed by atoms with Crippen molar-refractivity contribution in [3.8, 4) is 0 Å². The number of amides is 1. The zero-order valence-corrected chi connectivity index (χ0v) is 16.6. The lowest BCUT2D eigenvalue weighted by Gasteiger charge is -2.23. The van der Waals surface area contributed by atoms with Gasteiger partial charge < -0.3 is 30.1 Å². The van der Waals surface area contributed by atoms with Crippen molar-refractivity contribution in [1.82, 2.24) is 5.32 Å². The first kappa shape index (κ1) is 23.5. The minimum Gasteiger partial charge on any atom is -0.444 e. The number of nitrogens with two attached hydrogens (primary N) is 2. The molecule has 5 N–H and O–H groups in total. The highest BCUT2D eigenvalue weighted by Gasteiger charge is 2.19. The molecule has 1 rings (SSSR count). The second kappa shape index (κ2) is 12.0. The second-order valence-electron chi connectivity index (χ2n) is 6.44. The Balaban J connectivity index is 2.06. The van der Waals surface area contributed by atoms with E-state index >= 15 is 0 Å². The van der Waals surface area contributed by atoms with Crippen molar-refractivity contribution in [1.29, 1.82) is 0 Å². The minimum absolute atomic E-state index is 0.181. The molecule has 0 spiro atoms. The summed E-state index contributed by atoms with van der Waals surface area (Å²) in [5, 5.41) is 3.39. The summed E-state index contributed by atoms with van der Waals surface area (Å²) in [6.07, 6.45) is 0.233. The molecule has 0 radical (unpaired) electrons. The summed E-state index contributed by atoms with van der Waals surface area (Å²) >= 11 is 0. The van der Waals surface area contributed by atoms with Crippen molar-refractivity contribution in [2.24, 2.45) is 5.84 Å². The van der Waals surface area contributed by atoms with E-state index in [2.05, 4.69) is 5.32 Å². The zero-order chi connectivity index (χ0) is 21.0. The van der Waals surface area contributed by atoms with Crippen molar-refractivity contribution in [3.05, 3.63) is 24.3 Å². The van der Waals surface area contributed by atoms with Gasteiger partial charge in [0.2, 0.25) is 0 Å². The predicted molar refractivity (Wildman–Crippen MR) is 104 cm³/mol. The lowest BCUT2D eigenvalue weighted by atomic mass is 10.1. The highest BCUT2D eigenvalue weighted by molar-refractivity contribution is 5.74. The summed E-state index contributed by atoms with van der Waals surface area (Å²) in [5.41, 5.74) is 5.98. The summed E-state index contributed by atoms with van der Waals surface area (Å²) in [7, 11) is 0. The first-order chi connectivity index (χ1) is 13.2. The maximum atomic E-state index is 11.7. The van der Waals surface area contributed by atoms with Crippen LogP contribution in [0.2, 0.25) is 0 Å². The van der Waals surface area contributed by atoms with Gasteiger partial charge in [0.1, 0.15) is 17.9 Å². The van der Waals surface area contributed by atoms with Crippen LogP contribution in [0.4, 0.5) is 16.2 Å². The van der Waals surface area contributed by atoms with Gasteiger partial charge in [-0.2, -0.15) is 0 Å². The minimum atomic E-state index is -0.672. The Morgan fingerprint density at radius 3 is 2.50 bits per heavy atom. The number of carbonyl (C=O) groups excluding carboxylic acids is 2. The molecule has 28 heavy (non-hydrogen) atoms. The normalized spacial score (nSPS) is 11.0. The number of hydrogen-bond donors (Lipinski definition) is 3. The number of nitrogen functional groups attached to an aromatic ring is 1. The van der Waals surface area contributed by atoms with Gasteiger partial charge in [-0.15, -0.1) is 5.17 Å². The van der Waals surface area contributed by atoms with E-state index in [1.165, 1.54) is 0 Å². The summed E-state index contributed by atoms with van der Waals surface area (Å²) in [5.74, 6) is 4.97. The molecule has 1 aromatic carbocycles. The Morgan fingerprint density at radius 1 is 1.14 bits per heavy atom. The molecule has 1 amide bonds. The molecule has 10 nitrogen and oxygen atoms in total. The van der Waals surface area contributed by atoms with Gasteiger partial charge in [-0.05, 0) is 32.4 Å². The van der Waals surface area contributed by atoms with E-state index < -0.39 is 17.7 Å². The fourth-order valence-corrected chi connectivity index (χ4v) is 1.83. The Labute approximate surface area is 165 Å². The molecule has 10 heteroatoms. The number of ether oxygens (including phenoxy) is 3. The van der Waals surface area contributed by atoms with Gasteiger partial charge in [0.25, 0.3) is 0 Å². The molecule has 0 atom stereocenters. The van der Waals surface area contributed by atoms with E-state index in [9.17, 15) is 9.59 Å². The molecule has 0 aliphatic rings. The molecule has 0 aromatic heterocycles. The Hall–Kier alpha value is -2.56. The van der Waals surface area contributed by atoms with Crippen LogP contribution >= 0.6 is 0 Å². The lowest BCUT2D eigenvalue weighted by Crippen LogP contribution is -2.36. The number of nitrogens with one attached hydrogen (secondary N) is 1. The molecular weight excluding hydrogens is 368 g/mol. The topological polar surface area (TPSA) is 138 Å². The fourth-order valence-electron chi connectivity index (χ4n) is 1.83. The van der Waals surface area contributed by atoms with E-state index in [4.69, 9.17) is 30.6 Å². The van der Waals surface area contributed by atoms with Crippen LogP contribution < -0.4 is 22.1 Å². The molecule has 0 heterocycles. The van der Waals surface area contributed by atoms with Crippen molar-refractivity contribution in [3.63, 3.8) is 0 Å². The monoisotopic (exact) mass is 398 g/mol. The number of rotatable bonds is 12. The van der Waals surface area contributed by atoms with Crippen LogP contribution in [0.3, 0.4) is 0 Å². The van der Waals surface area contributed by atoms with E-state index in [-0.39, 0.29) is 19.8 Å². The van der Waals surface area contributed by atoms with Crippen LogP contribution in [0.5, 0.6) is 0 Å². The van der Waals surface area contributed by atoms with E-state index in [0.717, 1.165) is 11.6 Å². The third kappa shape index (κ3) is 9.40. The SMILES string of the molecule is CCC(C)(C)OC(=O)NCCOCCOCC(=O)ON(N)c1ccccc1N. The molecule has 158 valence electrons. The maximum absolute atomic E-state index is 11.7. The van der Waals surface area contributed by atoms with Crippen LogP contribution in [0.1, 0.15) is 27.2 Å². The Kier molecular flexibility index (Phi) is 10.1. The van der Waals surface area contributed by atoms with Gasteiger partial charge in [0.15, 0.2) is 0 Å². The standard InChI is InChI=1S/C18H30N4O6/c1-4-18(2,3)27-17(24)21-9-10-25-11-12-26-13-16(23)28-22(20)15-8-6-5-7-14(15)19/h5-8H,4,9-13,19-20H2,1-3H3,(H,21,24). The van der Waals surface area contributed by atoms with Gasteiger partial charge in [-0.1, -0.05) is 19.1 Å². The van der Waals surface area contributed by atoms with Crippen molar-refractivity contribution in [2.45, 2.75) is 32.8 Å². The Morgan fingerprint density at radius 2 is 1.82 bits per heavy atom.